The van der Waals surface area contributed by atoms with Crippen LogP contribution in [0.2, 0.25) is 0 Å². The Labute approximate surface area is 173 Å². The summed E-state index contributed by atoms with van der Waals surface area (Å²) in [5.74, 6) is 0.658. The summed E-state index contributed by atoms with van der Waals surface area (Å²) in [7, 11) is 3.49. The SMILES string of the molecule is CN(C)C(=O)CN=C(NCCCn1ccc2ccccc21)NCC1CCCCO1. The summed E-state index contributed by atoms with van der Waals surface area (Å²) in [6.07, 6.45) is 6.72. The third-order valence-electron chi connectivity index (χ3n) is 5.19. The third kappa shape index (κ3) is 6.49. The normalized spacial score (nSPS) is 17.3. The first-order valence-electron chi connectivity index (χ1n) is 10.5. The molecule has 2 heterocycles. The Balaban J connectivity index is 1.49. The lowest BCUT2D eigenvalue weighted by Gasteiger charge is -2.24. The van der Waals surface area contributed by atoms with Gasteiger partial charge in [-0.3, -0.25) is 4.79 Å². The average molecular weight is 400 g/mol. The van der Waals surface area contributed by atoms with Gasteiger partial charge in [-0.25, -0.2) is 4.99 Å². The first kappa shape index (κ1) is 21.2. The highest BCUT2D eigenvalue weighted by atomic mass is 16.5. The van der Waals surface area contributed by atoms with Crippen LogP contribution in [-0.4, -0.2) is 67.8 Å². The standard InChI is InChI=1S/C22H33N5O2/c1-26(2)21(28)17-25-22(24-16-19-9-5-6-15-29-19)23-12-7-13-27-14-11-18-8-3-4-10-20(18)27/h3-4,8,10-11,14,19H,5-7,9,12-13,15-17H2,1-2H3,(H2,23,24,25). The van der Waals surface area contributed by atoms with Gasteiger partial charge in [-0.15, -0.1) is 0 Å². The van der Waals surface area contributed by atoms with Crippen LogP contribution in [0.4, 0.5) is 0 Å². The molecule has 1 fully saturated rings. The number of ether oxygens (including phenoxy) is 1. The van der Waals surface area contributed by atoms with E-state index in [2.05, 4.69) is 56.7 Å². The van der Waals surface area contributed by atoms with Crippen molar-refractivity contribution in [2.45, 2.75) is 38.3 Å². The van der Waals surface area contributed by atoms with Crippen LogP contribution in [0.15, 0.2) is 41.5 Å². The molecule has 158 valence electrons. The quantitative estimate of drug-likeness (QED) is 0.406. The summed E-state index contributed by atoms with van der Waals surface area (Å²) in [6.45, 7) is 3.38. The van der Waals surface area contributed by atoms with Gasteiger partial charge < -0.3 is 24.8 Å². The van der Waals surface area contributed by atoms with Crippen LogP contribution >= 0.6 is 0 Å². The van der Waals surface area contributed by atoms with E-state index >= 15 is 0 Å². The topological polar surface area (TPSA) is 70.9 Å². The van der Waals surface area contributed by atoms with Crippen LogP contribution in [-0.2, 0) is 16.1 Å². The number of para-hydroxylation sites is 1. The lowest BCUT2D eigenvalue weighted by molar-refractivity contribution is -0.127. The molecule has 2 aromatic rings. The summed E-state index contributed by atoms with van der Waals surface area (Å²) in [4.78, 5) is 17.9. The monoisotopic (exact) mass is 399 g/mol. The molecule has 1 amide bonds. The Kier molecular flexibility index (Phi) is 7.93. The highest BCUT2D eigenvalue weighted by Crippen LogP contribution is 2.15. The van der Waals surface area contributed by atoms with Crippen molar-refractivity contribution in [1.82, 2.24) is 20.1 Å². The van der Waals surface area contributed by atoms with Crippen molar-refractivity contribution in [3.63, 3.8) is 0 Å². The van der Waals surface area contributed by atoms with Crippen LogP contribution in [0.3, 0.4) is 0 Å². The number of rotatable bonds is 8. The Bertz CT molecular complexity index is 808. The van der Waals surface area contributed by atoms with Crippen LogP contribution in [0, 0.1) is 0 Å². The number of hydrogen-bond donors (Lipinski definition) is 2. The summed E-state index contributed by atoms with van der Waals surface area (Å²) in [5.41, 5.74) is 1.26. The predicted molar refractivity (Wildman–Crippen MR) is 117 cm³/mol. The van der Waals surface area contributed by atoms with Gasteiger partial charge in [0, 0.05) is 52.1 Å². The van der Waals surface area contributed by atoms with Gasteiger partial charge in [-0.1, -0.05) is 18.2 Å². The first-order valence-corrected chi connectivity index (χ1v) is 10.5. The lowest BCUT2D eigenvalue weighted by atomic mass is 10.1. The van der Waals surface area contributed by atoms with E-state index in [1.54, 1.807) is 19.0 Å². The number of aliphatic imine (C=N–C) groups is 1. The molecule has 0 saturated carbocycles. The number of amides is 1. The van der Waals surface area contributed by atoms with Crippen molar-refractivity contribution in [1.29, 1.82) is 0 Å². The number of carbonyl (C=O) groups excluding carboxylic acids is 1. The molecule has 0 bridgehead atoms. The van der Waals surface area contributed by atoms with E-state index in [1.807, 2.05) is 0 Å². The number of benzene rings is 1. The van der Waals surface area contributed by atoms with Crippen molar-refractivity contribution in [2.24, 2.45) is 4.99 Å². The maximum absolute atomic E-state index is 11.9. The zero-order valence-electron chi connectivity index (χ0n) is 17.6. The molecular weight excluding hydrogens is 366 g/mol. The summed E-state index contributed by atoms with van der Waals surface area (Å²) < 4.78 is 8.05. The molecule has 7 heteroatoms. The fraction of sp³-hybridized carbons (Fsp3) is 0.545. The Morgan fingerprint density at radius 2 is 2.10 bits per heavy atom. The van der Waals surface area contributed by atoms with Crippen molar-refractivity contribution < 1.29 is 9.53 Å². The molecule has 1 aromatic heterocycles. The van der Waals surface area contributed by atoms with Crippen LogP contribution in [0.25, 0.3) is 10.9 Å². The molecule has 1 saturated heterocycles. The first-order chi connectivity index (χ1) is 14.1. The summed E-state index contributed by atoms with van der Waals surface area (Å²) >= 11 is 0. The van der Waals surface area contributed by atoms with Crippen LogP contribution in [0.5, 0.6) is 0 Å². The number of fused-ring (bicyclic) bond motifs is 1. The van der Waals surface area contributed by atoms with Gasteiger partial charge in [0.15, 0.2) is 5.96 Å². The van der Waals surface area contributed by atoms with Crippen LogP contribution < -0.4 is 10.6 Å². The number of hydrogen-bond acceptors (Lipinski definition) is 3. The molecule has 0 radical (unpaired) electrons. The van der Waals surface area contributed by atoms with Gasteiger partial charge in [0.25, 0.3) is 0 Å². The summed E-state index contributed by atoms with van der Waals surface area (Å²) in [5, 5.41) is 7.97. The number of likely N-dealkylation sites (N-methyl/N-ethyl adjacent to an activating group) is 1. The molecule has 1 aliphatic rings. The van der Waals surface area contributed by atoms with Crippen molar-refractivity contribution in [3.8, 4) is 0 Å². The predicted octanol–water partition coefficient (Wildman–Crippen LogP) is 2.22. The number of guanidine groups is 1. The number of nitrogens with zero attached hydrogens (tertiary/aromatic N) is 3. The molecule has 0 spiro atoms. The van der Waals surface area contributed by atoms with E-state index in [0.717, 1.165) is 39.0 Å². The second kappa shape index (κ2) is 10.9. The molecule has 1 unspecified atom stereocenters. The molecule has 0 aliphatic carbocycles. The Hall–Kier alpha value is -2.54. The third-order valence-corrected chi connectivity index (χ3v) is 5.19. The molecule has 1 aliphatic heterocycles. The van der Waals surface area contributed by atoms with Gasteiger partial charge >= 0.3 is 0 Å². The van der Waals surface area contributed by atoms with Gasteiger partial charge in [0.1, 0.15) is 6.54 Å². The van der Waals surface area contributed by atoms with Gasteiger partial charge in [-0.05, 0) is 43.2 Å². The largest absolute Gasteiger partial charge is 0.376 e. The Morgan fingerprint density at radius 1 is 1.24 bits per heavy atom. The molecule has 1 atom stereocenters. The maximum Gasteiger partial charge on any atom is 0.243 e. The minimum atomic E-state index is -0.0150. The maximum atomic E-state index is 11.9. The second-order valence-electron chi connectivity index (χ2n) is 7.67. The molecule has 7 nitrogen and oxygen atoms in total. The second-order valence-corrected chi connectivity index (χ2v) is 7.67. The zero-order valence-corrected chi connectivity index (χ0v) is 17.6. The number of aromatic nitrogens is 1. The molecular formula is C22H33N5O2. The van der Waals surface area contributed by atoms with Crippen LogP contribution in [0.1, 0.15) is 25.7 Å². The molecule has 29 heavy (non-hydrogen) atoms. The van der Waals surface area contributed by atoms with E-state index in [0.29, 0.717) is 12.5 Å². The smallest absolute Gasteiger partial charge is 0.243 e. The van der Waals surface area contributed by atoms with Crippen molar-refractivity contribution in [3.05, 3.63) is 36.5 Å². The van der Waals surface area contributed by atoms with E-state index in [1.165, 1.54) is 17.3 Å². The van der Waals surface area contributed by atoms with Gasteiger partial charge in [0.05, 0.1) is 6.10 Å². The highest BCUT2D eigenvalue weighted by molar-refractivity contribution is 5.84. The van der Waals surface area contributed by atoms with Crippen molar-refractivity contribution >= 4 is 22.8 Å². The lowest BCUT2D eigenvalue weighted by Crippen LogP contribution is -2.43. The number of aryl methyl sites for hydroxylation is 1. The van der Waals surface area contributed by atoms with Gasteiger partial charge in [0.2, 0.25) is 5.91 Å². The number of carbonyl (C=O) groups is 1. The molecule has 1 aromatic carbocycles. The highest BCUT2D eigenvalue weighted by Gasteiger charge is 2.14. The van der Waals surface area contributed by atoms with Gasteiger partial charge in [-0.2, -0.15) is 0 Å². The van der Waals surface area contributed by atoms with Crippen molar-refractivity contribution in [2.75, 3.05) is 40.3 Å². The minimum Gasteiger partial charge on any atom is -0.376 e. The van der Waals surface area contributed by atoms with E-state index in [9.17, 15) is 4.79 Å². The fourth-order valence-corrected chi connectivity index (χ4v) is 3.43. The average Bonchev–Trinajstić information content (AvgIpc) is 3.16. The fourth-order valence-electron chi connectivity index (χ4n) is 3.43. The van der Waals surface area contributed by atoms with E-state index < -0.39 is 0 Å². The molecule has 3 rings (SSSR count). The number of nitrogens with one attached hydrogen (secondary N) is 2. The Morgan fingerprint density at radius 3 is 2.90 bits per heavy atom. The zero-order chi connectivity index (χ0) is 20.5. The minimum absolute atomic E-state index is 0.0150. The summed E-state index contributed by atoms with van der Waals surface area (Å²) in [6, 6.07) is 10.6. The van der Waals surface area contributed by atoms with E-state index in [4.69, 9.17) is 4.74 Å². The van der Waals surface area contributed by atoms with E-state index in [-0.39, 0.29) is 18.6 Å². The molecule has 2 N–H and O–H groups in total.